The normalized spacial score (nSPS) is 17.7. The number of anilines is 1. The molecule has 10 heteroatoms. The van der Waals surface area contributed by atoms with Crippen molar-refractivity contribution in [2.24, 2.45) is 0 Å². The maximum absolute atomic E-state index is 11.2. The monoisotopic (exact) mass is 777 g/mol. The first-order valence-corrected chi connectivity index (χ1v) is 22.0. The minimum atomic E-state index is -4.25. The van der Waals surface area contributed by atoms with Crippen molar-refractivity contribution in [3.05, 3.63) is 144 Å². The van der Waals surface area contributed by atoms with Crippen LogP contribution in [0.15, 0.2) is 133 Å². The van der Waals surface area contributed by atoms with Gasteiger partial charge >= 0.3 is 0 Å². The van der Waals surface area contributed by atoms with Crippen molar-refractivity contribution in [1.29, 1.82) is 0 Å². The first-order chi connectivity index (χ1) is 26.1. The van der Waals surface area contributed by atoms with Gasteiger partial charge in [-0.05, 0) is 78.4 Å². The van der Waals surface area contributed by atoms with Crippen LogP contribution in [0.25, 0.3) is 21.5 Å². The Morgan fingerprint density at radius 2 is 1.16 bits per heavy atom. The SMILES string of the molecule is CC1(C)C(/C=C/C=C/C=C/C=C/C=C2/N(CCCCS(=O)(=O)[O-])c3ccc4ccccc4c3C2(C)C)=[N+](CCCCS(=O)(=O)[O-])c2ccc3ccccc3c21. The molecule has 2 heterocycles. The van der Waals surface area contributed by atoms with Crippen LogP contribution in [-0.4, -0.2) is 60.8 Å². The van der Waals surface area contributed by atoms with Gasteiger partial charge in [-0.25, -0.2) is 16.8 Å². The Kier molecular flexibility index (Phi) is 11.8. The van der Waals surface area contributed by atoms with Gasteiger partial charge in [-0.1, -0.05) is 111 Å². The fourth-order valence-corrected chi connectivity index (χ4v) is 9.38. The molecule has 0 bridgehead atoms. The summed E-state index contributed by atoms with van der Waals surface area (Å²) in [4.78, 5) is 2.26. The van der Waals surface area contributed by atoms with Crippen LogP contribution in [-0.2, 0) is 31.1 Å². The molecule has 0 amide bonds. The third kappa shape index (κ3) is 8.94. The first-order valence-electron chi connectivity index (χ1n) is 18.8. The molecule has 288 valence electrons. The molecule has 0 radical (unpaired) electrons. The molecule has 0 unspecified atom stereocenters. The van der Waals surface area contributed by atoms with Gasteiger partial charge in [0.05, 0.1) is 25.7 Å². The number of unbranched alkanes of at least 4 members (excludes halogenated alkanes) is 2. The summed E-state index contributed by atoms with van der Waals surface area (Å²) in [6.45, 7) is 10.1. The topological polar surface area (TPSA) is 121 Å². The lowest BCUT2D eigenvalue weighted by Gasteiger charge is -2.27. The molecule has 6 rings (SSSR count). The van der Waals surface area contributed by atoms with E-state index in [0.717, 1.165) is 22.8 Å². The summed E-state index contributed by atoms with van der Waals surface area (Å²) in [6, 6.07) is 25.2. The lowest BCUT2D eigenvalue weighted by atomic mass is 9.79. The average Bonchev–Trinajstić information content (AvgIpc) is 3.48. The minimum Gasteiger partial charge on any atom is -0.748 e. The fourth-order valence-electron chi connectivity index (χ4n) is 8.26. The third-order valence-corrected chi connectivity index (χ3v) is 12.3. The van der Waals surface area contributed by atoms with E-state index in [-0.39, 0.29) is 22.3 Å². The van der Waals surface area contributed by atoms with E-state index in [4.69, 9.17) is 0 Å². The van der Waals surface area contributed by atoms with E-state index in [0.29, 0.717) is 38.8 Å². The molecule has 0 fully saturated rings. The number of hydrogen-bond donors (Lipinski definition) is 0. The number of rotatable bonds is 15. The Morgan fingerprint density at radius 3 is 1.80 bits per heavy atom. The average molecular weight is 778 g/mol. The van der Waals surface area contributed by atoms with E-state index in [9.17, 15) is 25.9 Å². The summed E-state index contributed by atoms with van der Waals surface area (Å²) >= 11 is 0. The Morgan fingerprint density at radius 1 is 0.618 bits per heavy atom. The molecule has 2 aliphatic rings. The van der Waals surface area contributed by atoms with Gasteiger partial charge in [-0.2, -0.15) is 4.58 Å². The van der Waals surface area contributed by atoms with Gasteiger partial charge in [0.25, 0.3) is 0 Å². The number of allylic oxidation sites excluding steroid dienone is 10. The summed E-state index contributed by atoms with van der Waals surface area (Å²) in [5.41, 5.74) is 6.28. The van der Waals surface area contributed by atoms with Crippen molar-refractivity contribution < 1.29 is 30.5 Å². The zero-order chi connectivity index (χ0) is 39.4. The fraction of sp³-hybridized carbons (Fsp3) is 0.311. The van der Waals surface area contributed by atoms with Gasteiger partial charge in [0, 0.05) is 59.0 Å². The number of hydrogen-bond acceptors (Lipinski definition) is 7. The molecule has 0 saturated heterocycles. The standard InChI is InChI=1S/C45H50N2O6S2/c1-44(2)40(46(30-16-18-32-54(48,49)50)38-28-26-34-20-12-14-22-36(34)42(38)44)24-10-8-6-5-7-9-11-25-41-45(3,4)43-37-23-15-13-21-35(37)27-29-39(43)47(41)31-17-19-33-55(51,52)53/h5-15,20-29H,16-19,30-33H2,1-4H3,(H-,48,49,50,51,52,53)/p-1. The van der Waals surface area contributed by atoms with Crippen LogP contribution < -0.4 is 4.90 Å². The highest BCUT2D eigenvalue weighted by Crippen LogP contribution is 2.51. The van der Waals surface area contributed by atoms with Crippen molar-refractivity contribution in [3.63, 3.8) is 0 Å². The van der Waals surface area contributed by atoms with Crippen LogP contribution in [0.2, 0.25) is 0 Å². The number of fused-ring (bicyclic) bond motifs is 6. The second-order valence-corrected chi connectivity index (χ2v) is 18.4. The van der Waals surface area contributed by atoms with Crippen LogP contribution in [0.3, 0.4) is 0 Å². The molecule has 55 heavy (non-hydrogen) atoms. The van der Waals surface area contributed by atoms with Crippen LogP contribution in [0, 0.1) is 0 Å². The Hall–Kier alpha value is -4.61. The third-order valence-electron chi connectivity index (χ3n) is 10.7. The molecule has 0 spiro atoms. The molecule has 2 aliphatic heterocycles. The van der Waals surface area contributed by atoms with Crippen molar-refractivity contribution in [2.75, 3.05) is 29.5 Å². The van der Waals surface area contributed by atoms with Crippen molar-refractivity contribution in [2.45, 2.75) is 64.2 Å². The lowest BCUT2D eigenvalue weighted by Crippen LogP contribution is -2.28. The van der Waals surface area contributed by atoms with Crippen molar-refractivity contribution in [1.82, 2.24) is 0 Å². The molecule has 4 aromatic carbocycles. The van der Waals surface area contributed by atoms with Gasteiger partial charge in [-0.15, -0.1) is 0 Å². The molecular weight excluding hydrogens is 729 g/mol. The second kappa shape index (κ2) is 16.2. The zero-order valence-electron chi connectivity index (χ0n) is 31.9. The maximum atomic E-state index is 11.2. The number of nitrogens with zero attached hydrogens (tertiary/aromatic N) is 2. The number of benzene rings is 4. The smallest absolute Gasteiger partial charge is 0.210 e. The zero-order valence-corrected chi connectivity index (χ0v) is 33.6. The van der Waals surface area contributed by atoms with Crippen LogP contribution in [0.4, 0.5) is 11.4 Å². The van der Waals surface area contributed by atoms with Gasteiger partial charge in [0.1, 0.15) is 6.54 Å². The second-order valence-electron chi connectivity index (χ2n) is 15.3. The minimum absolute atomic E-state index is 0.307. The Bertz CT molecular complexity index is 2500. The highest BCUT2D eigenvalue weighted by molar-refractivity contribution is 7.85. The lowest BCUT2D eigenvalue weighted by molar-refractivity contribution is -0.438. The molecule has 8 nitrogen and oxygen atoms in total. The van der Waals surface area contributed by atoms with E-state index < -0.39 is 20.2 Å². The van der Waals surface area contributed by atoms with Gasteiger partial charge < -0.3 is 14.0 Å². The van der Waals surface area contributed by atoms with E-state index in [1.807, 2.05) is 54.7 Å². The van der Waals surface area contributed by atoms with Crippen molar-refractivity contribution in [3.8, 4) is 0 Å². The molecule has 0 aromatic heterocycles. The van der Waals surface area contributed by atoms with E-state index in [1.165, 1.54) is 32.7 Å². The van der Waals surface area contributed by atoms with Gasteiger partial charge in [0.2, 0.25) is 5.69 Å². The summed E-state index contributed by atoms with van der Waals surface area (Å²) in [5, 5.41) is 4.72. The molecule has 0 saturated carbocycles. The van der Waals surface area contributed by atoms with Gasteiger partial charge in [0.15, 0.2) is 5.71 Å². The molecule has 0 aliphatic carbocycles. The quantitative estimate of drug-likeness (QED) is 0.0512. The predicted molar refractivity (Wildman–Crippen MR) is 223 cm³/mol. The van der Waals surface area contributed by atoms with Crippen LogP contribution in [0.5, 0.6) is 0 Å². The van der Waals surface area contributed by atoms with Crippen molar-refractivity contribution >= 4 is 58.9 Å². The first kappa shape index (κ1) is 40.1. The molecule has 0 N–H and O–H groups in total. The van der Waals surface area contributed by atoms with E-state index in [2.05, 4.69) is 110 Å². The highest BCUT2D eigenvalue weighted by atomic mass is 32.2. The van der Waals surface area contributed by atoms with E-state index >= 15 is 0 Å². The van der Waals surface area contributed by atoms with Crippen LogP contribution in [0.1, 0.15) is 64.5 Å². The summed E-state index contributed by atoms with van der Waals surface area (Å²) in [5.74, 6) is -0.724. The van der Waals surface area contributed by atoms with Crippen LogP contribution >= 0.6 is 0 Å². The molecule has 0 atom stereocenters. The predicted octanol–water partition coefficient (Wildman–Crippen LogP) is 8.93. The summed E-state index contributed by atoms with van der Waals surface area (Å²) in [7, 11) is -8.51. The maximum Gasteiger partial charge on any atom is 0.210 e. The summed E-state index contributed by atoms with van der Waals surface area (Å²) < 4.78 is 69.7. The van der Waals surface area contributed by atoms with Gasteiger partial charge in [-0.3, -0.25) is 0 Å². The highest BCUT2D eigenvalue weighted by Gasteiger charge is 2.45. The Labute approximate surface area is 326 Å². The molecule has 4 aromatic rings. The summed E-state index contributed by atoms with van der Waals surface area (Å²) in [6.07, 6.45) is 19.9. The van der Waals surface area contributed by atoms with E-state index in [1.54, 1.807) is 0 Å². The Balaban J connectivity index is 1.19. The largest absolute Gasteiger partial charge is 0.748 e. The molecular formula is C45H49N2O6S2-.